The largest absolute Gasteiger partial charge is 0.496 e. The van der Waals surface area contributed by atoms with Crippen LogP contribution >= 0.6 is 11.3 Å². The molecule has 1 aromatic carbocycles. The maximum absolute atomic E-state index is 14.9. The molecule has 1 aliphatic rings. The molecule has 3 aromatic rings. The molecule has 0 aliphatic heterocycles. The minimum Gasteiger partial charge on any atom is -0.496 e. The Labute approximate surface area is 270 Å². The maximum Gasteiger partial charge on any atom is 0.296 e. The number of carbonyl (C=O) groups excluding carboxylic acids is 1. The number of halogens is 1. The van der Waals surface area contributed by atoms with E-state index in [9.17, 15) is 9.18 Å². The fourth-order valence-corrected chi connectivity index (χ4v) is 7.05. The fraction of sp³-hybridized carbons (Fsp3) is 0.412. The van der Waals surface area contributed by atoms with Crippen molar-refractivity contribution in [3.63, 3.8) is 0 Å². The lowest BCUT2D eigenvalue weighted by Crippen LogP contribution is -2.48. The quantitative estimate of drug-likeness (QED) is 0.219. The summed E-state index contributed by atoms with van der Waals surface area (Å²) < 4.78 is 33.1. The number of aromatic nitrogens is 3. The number of anilines is 1. The Hall–Kier alpha value is -3.67. The van der Waals surface area contributed by atoms with E-state index in [1.807, 2.05) is 0 Å². The second kappa shape index (κ2) is 13.8. The van der Waals surface area contributed by atoms with Crippen LogP contribution in [0.15, 0.2) is 65.9 Å². The van der Waals surface area contributed by atoms with E-state index >= 15 is 0 Å². The van der Waals surface area contributed by atoms with Crippen molar-refractivity contribution in [1.29, 1.82) is 0 Å². The van der Waals surface area contributed by atoms with Crippen LogP contribution in [0.2, 0.25) is 18.1 Å². The van der Waals surface area contributed by atoms with Gasteiger partial charge in [-0.1, -0.05) is 56.2 Å². The Balaban J connectivity index is 1.43. The molecule has 1 aliphatic carbocycles. The minimum absolute atomic E-state index is 0.113. The van der Waals surface area contributed by atoms with E-state index in [2.05, 4.69) is 92.5 Å². The first-order valence-electron chi connectivity index (χ1n) is 15.0. The Kier molecular flexibility index (Phi) is 10.5. The van der Waals surface area contributed by atoms with E-state index in [0.717, 1.165) is 35.3 Å². The number of benzene rings is 1. The summed E-state index contributed by atoms with van der Waals surface area (Å²) in [6.45, 7) is 17.7. The Morgan fingerprint density at radius 2 is 1.82 bits per heavy atom. The summed E-state index contributed by atoms with van der Waals surface area (Å²) in [5.74, 6) is -0.696. The van der Waals surface area contributed by atoms with Crippen LogP contribution < -0.4 is 14.8 Å². The molecular weight excluding hydrogens is 608 g/mol. The number of methoxy groups -OCH3 is 1. The van der Waals surface area contributed by atoms with Gasteiger partial charge in [0.05, 0.1) is 23.8 Å². The molecule has 2 heterocycles. The number of carbonyl (C=O) groups is 1. The SMILES string of the molecule is COc1cccc(F)c1-c1cc(C)ncc1C(=O)Nc1nnc(OCC2=C/CC/C=C(C(C)(C)O[Si](C)(C)C(C)(C)C)/C=C\2)s1. The highest BCUT2D eigenvalue weighted by Gasteiger charge is 2.42. The van der Waals surface area contributed by atoms with E-state index in [0.29, 0.717) is 28.8 Å². The maximum atomic E-state index is 14.9. The van der Waals surface area contributed by atoms with Crippen LogP contribution in [-0.4, -0.2) is 48.7 Å². The van der Waals surface area contributed by atoms with Crippen molar-refractivity contribution in [2.75, 3.05) is 19.0 Å². The average Bonchev–Trinajstić information content (AvgIpc) is 3.38. The normalized spacial score (nSPS) is 17.3. The van der Waals surface area contributed by atoms with Gasteiger partial charge in [-0.15, -0.1) is 5.10 Å². The highest BCUT2D eigenvalue weighted by molar-refractivity contribution is 7.17. The van der Waals surface area contributed by atoms with Gasteiger partial charge < -0.3 is 13.9 Å². The zero-order chi connectivity index (χ0) is 33.0. The Bertz CT molecular complexity index is 1640. The van der Waals surface area contributed by atoms with Crippen LogP contribution in [0, 0.1) is 12.7 Å². The van der Waals surface area contributed by atoms with Crippen molar-refractivity contribution in [3.8, 4) is 22.1 Å². The number of amides is 1. The zero-order valence-electron chi connectivity index (χ0n) is 27.6. The van der Waals surface area contributed by atoms with Crippen molar-refractivity contribution in [2.24, 2.45) is 0 Å². The topological polar surface area (TPSA) is 95.5 Å². The van der Waals surface area contributed by atoms with E-state index in [1.54, 1.807) is 25.1 Å². The van der Waals surface area contributed by atoms with Crippen molar-refractivity contribution >= 4 is 30.7 Å². The summed E-state index contributed by atoms with van der Waals surface area (Å²) in [5.41, 5.74) is 3.10. The standard InChI is InChI=1S/C34H43FN4O4SSi/c1-22-19-25(29-27(35)15-12-16-28(29)41-7)26(20-36-22)30(40)37-31-38-39-32(44-31)42-21-23-13-10-11-14-24(18-17-23)34(5,6)43-45(8,9)33(2,3)4/h12-20H,10-11,21H2,1-9H3,(H,37,38,40)/b18-17-,23-13+,24-14-. The smallest absolute Gasteiger partial charge is 0.296 e. The third kappa shape index (κ3) is 8.33. The van der Waals surface area contributed by atoms with Crippen LogP contribution in [0.5, 0.6) is 10.9 Å². The number of aryl methyl sites for hydroxylation is 1. The third-order valence-electron chi connectivity index (χ3n) is 8.17. The second-order valence-corrected chi connectivity index (χ2v) is 18.7. The molecular formula is C34H43FN4O4SSi. The molecule has 0 unspecified atom stereocenters. The number of nitrogens with zero attached hydrogens (tertiary/aromatic N) is 3. The van der Waals surface area contributed by atoms with E-state index in [-0.39, 0.29) is 21.3 Å². The molecule has 0 spiro atoms. The summed E-state index contributed by atoms with van der Waals surface area (Å²) in [6.07, 6.45) is 11.8. The molecule has 4 rings (SSSR count). The number of nitrogens with one attached hydrogen (secondary N) is 1. The van der Waals surface area contributed by atoms with Gasteiger partial charge in [-0.2, -0.15) is 0 Å². The molecule has 45 heavy (non-hydrogen) atoms. The van der Waals surface area contributed by atoms with Gasteiger partial charge in [0.1, 0.15) is 18.2 Å². The van der Waals surface area contributed by atoms with Crippen molar-refractivity contribution in [2.45, 2.75) is 78.1 Å². The van der Waals surface area contributed by atoms with E-state index < -0.39 is 25.6 Å². The summed E-state index contributed by atoms with van der Waals surface area (Å²) in [4.78, 5) is 17.6. The Morgan fingerprint density at radius 1 is 1.09 bits per heavy atom. The highest BCUT2D eigenvalue weighted by Crippen LogP contribution is 2.41. The number of rotatable bonds is 10. The fourth-order valence-electron chi connectivity index (χ4n) is 4.76. The van der Waals surface area contributed by atoms with Crippen LogP contribution in [-0.2, 0) is 4.43 Å². The number of allylic oxidation sites excluding steroid dienone is 2. The van der Waals surface area contributed by atoms with Gasteiger partial charge >= 0.3 is 0 Å². The monoisotopic (exact) mass is 650 g/mol. The van der Waals surface area contributed by atoms with Gasteiger partial charge in [-0.25, -0.2) is 4.39 Å². The molecule has 2 aromatic heterocycles. The van der Waals surface area contributed by atoms with Crippen LogP contribution in [0.1, 0.15) is 63.5 Å². The predicted molar refractivity (Wildman–Crippen MR) is 181 cm³/mol. The summed E-state index contributed by atoms with van der Waals surface area (Å²) in [7, 11) is -0.518. The molecule has 0 saturated heterocycles. The van der Waals surface area contributed by atoms with Crippen LogP contribution in [0.25, 0.3) is 11.1 Å². The first kappa shape index (κ1) is 34.2. The first-order chi connectivity index (χ1) is 21.1. The summed E-state index contributed by atoms with van der Waals surface area (Å²) in [6, 6.07) is 6.18. The third-order valence-corrected chi connectivity index (χ3v) is 13.5. The van der Waals surface area contributed by atoms with Crippen molar-refractivity contribution < 1.29 is 23.1 Å². The second-order valence-electron chi connectivity index (χ2n) is 13.0. The molecule has 0 radical (unpaired) electrons. The number of ether oxygens (including phenoxy) is 2. The molecule has 11 heteroatoms. The van der Waals surface area contributed by atoms with Gasteiger partial charge in [0, 0.05) is 17.5 Å². The lowest BCUT2D eigenvalue weighted by Gasteiger charge is -2.43. The molecule has 240 valence electrons. The molecule has 8 nitrogen and oxygen atoms in total. The molecule has 0 fully saturated rings. The van der Waals surface area contributed by atoms with Gasteiger partial charge in [-0.05, 0) is 92.4 Å². The molecule has 1 amide bonds. The Morgan fingerprint density at radius 3 is 2.53 bits per heavy atom. The number of hydrogen-bond donors (Lipinski definition) is 1. The molecule has 0 atom stereocenters. The minimum atomic E-state index is -1.97. The molecule has 0 saturated carbocycles. The predicted octanol–water partition coefficient (Wildman–Crippen LogP) is 8.69. The average molecular weight is 651 g/mol. The number of pyridine rings is 1. The summed E-state index contributed by atoms with van der Waals surface area (Å²) >= 11 is 1.11. The lowest BCUT2D eigenvalue weighted by molar-refractivity contribution is 0.102. The molecule has 1 N–H and O–H groups in total. The lowest BCUT2D eigenvalue weighted by atomic mass is 9.94. The van der Waals surface area contributed by atoms with Crippen LogP contribution in [0.4, 0.5) is 9.52 Å². The highest BCUT2D eigenvalue weighted by atomic mass is 32.1. The molecule has 0 bridgehead atoms. The van der Waals surface area contributed by atoms with Gasteiger partial charge in [-0.3, -0.25) is 15.1 Å². The van der Waals surface area contributed by atoms with Gasteiger partial charge in [0.2, 0.25) is 5.13 Å². The number of hydrogen-bond acceptors (Lipinski definition) is 8. The van der Waals surface area contributed by atoms with Crippen molar-refractivity contribution in [1.82, 2.24) is 15.2 Å². The zero-order valence-corrected chi connectivity index (χ0v) is 29.4. The van der Waals surface area contributed by atoms with Crippen molar-refractivity contribution in [3.05, 3.63) is 83.0 Å². The summed E-state index contributed by atoms with van der Waals surface area (Å²) in [5, 5.41) is 11.6. The van der Waals surface area contributed by atoms with Gasteiger partial charge in [0.25, 0.3) is 11.1 Å². The van der Waals surface area contributed by atoms with E-state index in [1.165, 1.54) is 19.4 Å². The first-order valence-corrected chi connectivity index (χ1v) is 18.7. The van der Waals surface area contributed by atoms with E-state index in [4.69, 9.17) is 13.9 Å². The van der Waals surface area contributed by atoms with Crippen LogP contribution in [0.3, 0.4) is 0 Å². The van der Waals surface area contributed by atoms with Gasteiger partial charge in [0.15, 0.2) is 8.32 Å².